The van der Waals surface area contributed by atoms with Crippen molar-refractivity contribution in [3.63, 3.8) is 0 Å². The lowest BCUT2D eigenvalue weighted by Crippen LogP contribution is -2.11. The van der Waals surface area contributed by atoms with Gasteiger partial charge in [-0.2, -0.15) is 0 Å². The first-order valence-corrected chi connectivity index (χ1v) is 15.7. The standard InChI is InChI=1S/C33H34ClN3O3S/c1-2-3-18-40-30-12-6-25(7-13-30)26-8-16-32(34)27(19-26)9-17-33(38)36-28-10-14-31(15-11-28)41(39)22-29-20-35-23-37(29)21-24-4-5-24/h6-17,19-20,23-24H,2-5,18,21-22H2,1H3,(H,36,38)/b17-9+. The van der Waals surface area contributed by atoms with Crippen LogP contribution in [-0.4, -0.2) is 26.6 Å². The molecule has 0 aliphatic heterocycles. The van der Waals surface area contributed by atoms with E-state index < -0.39 is 11.2 Å². The summed E-state index contributed by atoms with van der Waals surface area (Å²) in [6, 6.07) is 20.8. The maximum atomic E-state index is 12.9. The lowest BCUT2D eigenvalue weighted by Gasteiger charge is -2.13. The van der Waals surface area contributed by atoms with Crippen LogP contribution >= 0.6 is 11.6 Å². The van der Waals surface area contributed by atoms with Crippen molar-refractivity contribution in [2.24, 2.45) is 5.92 Å². The largest absolute Gasteiger partial charge is 0.611 e. The van der Waals surface area contributed by atoms with E-state index in [1.807, 2.05) is 48.8 Å². The van der Waals surface area contributed by atoms with E-state index in [0.717, 1.165) is 53.4 Å². The number of imidazole rings is 1. The van der Waals surface area contributed by atoms with Crippen LogP contribution in [0.25, 0.3) is 17.2 Å². The van der Waals surface area contributed by atoms with Gasteiger partial charge in [0.2, 0.25) is 5.91 Å². The molecule has 1 N–H and O–H groups in total. The number of nitrogens with zero attached hydrogens (tertiary/aromatic N) is 2. The number of ether oxygens (including phenoxy) is 1. The van der Waals surface area contributed by atoms with Crippen molar-refractivity contribution in [1.82, 2.24) is 9.55 Å². The molecule has 8 heteroatoms. The number of nitrogens with one attached hydrogen (secondary N) is 1. The fourth-order valence-electron chi connectivity index (χ4n) is 4.40. The van der Waals surface area contributed by atoms with Gasteiger partial charge in [-0.1, -0.05) is 43.1 Å². The number of aromatic nitrogens is 2. The van der Waals surface area contributed by atoms with Gasteiger partial charge in [-0.3, -0.25) is 4.79 Å². The van der Waals surface area contributed by atoms with Gasteiger partial charge in [-0.15, -0.1) is 0 Å². The number of hydrogen-bond donors (Lipinski definition) is 1. The number of rotatable bonds is 13. The third-order valence-electron chi connectivity index (χ3n) is 6.98. The summed E-state index contributed by atoms with van der Waals surface area (Å²) < 4.78 is 20.8. The SMILES string of the molecule is CCCCOc1ccc(-c2ccc(Cl)c(/C=C/C(=O)Nc3ccc([S+]([O-])Cc4cncn4CC4CC4)cc3)c2)cc1. The van der Waals surface area contributed by atoms with E-state index in [9.17, 15) is 9.35 Å². The van der Waals surface area contributed by atoms with E-state index in [4.69, 9.17) is 16.3 Å². The third kappa shape index (κ3) is 8.26. The molecule has 0 saturated heterocycles. The Morgan fingerprint density at radius 1 is 1.12 bits per heavy atom. The molecule has 0 radical (unpaired) electrons. The summed E-state index contributed by atoms with van der Waals surface area (Å²) in [6.07, 6.45) is 11.4. The van der Waals surface area contributed by atoms with Crippen molar-refractivity contribution < 1.29 is 14.1 Å². The first-order valence-electron chi connectivity index (χ1n) is 14.0. The molecular weight excluding hydrogens is 554 g/mol. The van der Waals surface area contributed by atoms with E-state index in [2.05, 4.69) is 21.8 Å². The van der Waals surface area contributed by atoms with Gasteiger partial charge in [0, 0.05) is 23.3 Å². The average molecular weight is 588 g/mol. The molecule has 1 atom stereocenters. The Morgan fingerprint density at radius 3 is 2.61 bits per heavy atom. The zero-order valence-corrected chi connectivity index (χ0v) is 24.7. The summed E-state index contributed by atoms with van der Waals surface area (Å²) >= 11 is 5.22. The zero-order chi connectivity index (χ0) is 28.6. The van der Waals surface area contributed by atoms with E-state index >= 15 is 0 Å². The van der Waals surface area contributed by atoms with Crippen LogP contribution < -0.4 is 10.1 Å². The van der Waals surface area contributed by atoms with E-state index in [1.54, 1.807) is 36.5 Å². The van der Waals surface area contributed by atoms with Crippen molar-refractivity contribution in [2.45, 2.75) is 49.8 Å². The Hall–Kier alpha value is -3.52. The van der Waals surface area contributed by atoms with Crippen molar-refractivity contribution in [1.29, 1.82) is 0 Å². The maximum Gasteiger partial charge on any atom is 0.248 e. The van der Waals surface area contributed by atoms with Crippen LogP contribution in [0, 0.1) is 5.92 Å². The van der Waals surface area contributed by atoms with Crippen LogP contribution in [-0.2, 0) is 28.3 Å². The van der Waals surface area contributed by atoms with Crippen molar-refractivity contribution in [3.05, 3.63) is 102 Å². The second kappa shape index (κ2) is 13.9. The van der Waals surface area contributed by atoms with E-state index in [0.29, 0.717) is 28.0 Å². The second-order valence-corrected chi connectivity index (χ2v) is 12.1. The monoisotopic (exact) mass is 587 g/mol. The van der Waals surface area contributed by atoms with Crippen LogP contribution in [0.5, 0.6) is 5.75 Å². The van der Waals surface area contributed by atoms with E-state index in [-0.39, 0.29) is 5.91 Å². The molecule has 6 nitrogen and oxygen atoms in total. The van der Waals surface area contributed by atoms with Crippen LogP contribution in [0.2, 0.25) is 5.02 Å². The molecule has 0 bridgehead atoms. The third-order valence-corrected chi connectivity index (χ3v) is 8.68. The summed E-state index contributed by atoms with van der Waals surface area (Å²) in [6.45, 7) is 3.80. The number of halogens is 1. The van der Waals surface area contributed by atoms with Crippen LogP contribution in [0.4, 0.5) is 5.69 Å². The number of anilines is 1. The lowest BCUT2D eigenvalue weighted by atomic mass is 10.0. The summed E-state index contributed by atoms with van der Waals surface area (Å²) in [7, 11) is 0. The molecule has 1 aliphatic rings. The highest BCUT2D eigenvalue weighted by Crippen LogP contribution is 2.31. The first kappa shape index (κ1) is 29.0. The molecule has 1 amide bonds. The molecule has 3 aromatic carbocycles. The molecule has 5 rings (SSSR count). The maximum absolute atomic E-state index is 12.9. The molecule has 1 aliphatic carbocycles. The topological polar surface area (TPSA) is 79.2 Å². The Morgan fingerprint density at radius 2 is 1.88 bits per heavy atom. The highest BCUT2D eigenvalue weighted by atomic mass is 35.5. The Labute approximate surface area is 249 Å². The molecule has 212 valence electrons. The van der Waals surface area contributed by atoms with Gasteiger partial charge >= 0.3 is 0 Å². The number of carbonyl (C=O) groups is 1. The Kier molecular flexibility index (Phi) is 9.83. The fourth-order valence-corrected chi connectivity index (χ4v) is 5.69. The molecule has 0 spiro atoms. The molecule has 41 heavy (non-hydrogen) atoms. The highest BCUT2D eigenvalue weighted by Gasteiger charge is 2.24. The molecular formula is C33H34ClN3O3S. The average Bonchev–Trinajstić information content (AvgIpc) is 3.70. The lowest BCUT2D eigenvalue weighted by molar-refractivity contribution is -0.111. The highest BCUT2D eigenvalue weighted by molar-refractivity contribution is 7.90. The molecule has 1 aromatic heterocycles. The van der Waals surface area contributed by atoms with Crippen LogP contribution in [0.3, 0.4) is 0 Å². The smallest absolute Gasteiger partial charge is 0.248 e. The number of carbonyl (C=O) groups excluding carboxylic acids is 1. The summed E-state index contributed by atoms with van der Waals surface area (Å²) in [5, 5.41) is 3.42. The van der Waals surface area contributed by atoms with Crippen molar-refractivity contribution in [3.8, 4) is 16.9 Å². The minimum absolute atomic E-state index is 0.280. The fraction of sp³-hybridized carbons (Fsp3) is 0.273. The minimum atomic E-state index is -1.20. The second-order valence-electron chi connectivity index (χ2n) is 10.3. The van der Waals surface area contributed by atoms with E-state index in [1.165, 1.54) is 18.9 Å². The van der Waals surface area contributed by atoms with Crippen LogP contribution in [0.1, 0.15) is 43.9 Å². The van der Waals surface area contributed by atoms with Gasteiger partial charge in [0.1, 0.15) is 5.75 Å². The Balaban J connectivity index is 1.17. The van der Waals surface area contributed by atoms with Gasteiger partial charge < -0.3 is 19.2 Å². The zero-order valence-electron chi connectivity index (χ0n) is 23.1. The van der Waals surface area contributed by atoms with Gasteiger partial charge in [-0.25, -0.2) is 4.98 Å². The normalized spacial score (nSPS) is 13.8. The Bertz CT molecular complexity index is 1480. The van der Waals surface area contributed by atoms with Crippen molar-refractivity contribution >= 4 is 40.4 Å². The summed E-state index contributed by atoms with van der Waals surface area (Å²) in [5.74, 6) is 1.71. The predicted octanol–water partition coefficient (Wildman–Crippen LogP) is 7.75. The van der Waals surface area contributed by atoms with Crippen molar-refractivity contribution in [2.75, 3.05) is 11.9 Å². The number of unbranched alkanes of at least 4 members (excludes halogenated alkanes) is 1. The molecule has 1 saturated carbocycles. The van der Waals surface area contributed by atoms with Crippen LogP contribution in [0.15, 0.2) is 90.2 Å². The summed E-state index contributed by atoms with van der Waals surface area (Å²) in [4.78, 5) is 17.6. The number of hydrogen-bond acceptors (Lipinski definition) is 4. The van der Waals surface area contributed by atoms with Gasteiger partial charge in [-0.05, 0) is 108 Å². The quantitative estimate of drug-likeness (QED) is 0.0985. The van der Waals surface area contributed by atoms with Gasteiger partial charge in [0.25, 0.3) is 0 Å². The molecule has 4 aromatic rings. The predicted molar refractivity (Wildman–Crippen MR) is 166 cm³/mol. The first-order chi connectivity index (χ1) is 20.0. The minimum Gasteiger partial charge on any atom is -0.611 e. The molecule has 1 fully saturated rings. The number of amides is 1. The van der Waals surface area contributed by atoms with Gasteiger partial charge in [0.15, 0.2) is 10.6 Å². The molecule has 1 unspecified atom stereocenters. The van der Waals surface area contributed by atoms with Gasteiger partial charge in [0.05, 0.1) is 24.8 Å². The summed E-state index contributed by atoms with van der Waals surface area (Å²) in [5.41, 5.74) is 4.38. The number of benzene rings is 3. The molecule has 1 heterocycles.